The van der Waals surface area contributed by atoms with Crippen molar-refractivity contribution in [2.45, 2.75) is 18.4 Å². The predicted molar refractivity (Wildman–Crippen MR) is 98.3 cm³/mol. The number of aromatic nitrogens is 2. The molecule has 1 aromatic carbocycles. The van der Waals surface area contributed by atoms with Crippen LogP contribution in [0.25, 0.3) is 0 Å². The fourth-order valence-corrected chi connectivity index (χ4v) is 5.08. The third kappa shape index (κ3) is 4.03. The highest BCUT2D eigenvalue weighted by atomic mass is 32.2. The summed E-state index contributed by atoms with van der Waals surface area (Å²) < 4.78 is 27.3. The molecule has 130 valence electrons. The van der Waals surface area contributed by atoms with Crippen LogP contribution >= 0.6 is 22.7 Å². The van der Waals surface area contributed by atoms with Crippen molar-refractivity contribution in [3.05, 3.63) is 53.0 Å². The molecule has 0 aliphatic carbocycles. The van der Waals surface area contributed by atoms with Crippen molar-refractivity contribution in [1.29, 1.82) is 0 Å². The van der Waals surface area contributed by atoms with Gasteiger partial charge in [-0.2, -0.15) is 0 Å². The highest BCUT2D eigenvalue weighted by molar-refractivity contribution is 7.93. The van der Waals surface area contributed by atoms with Gasteiger partial charge in [-0.1, -0.05) is 18.2 Å². The fraction of sp³-hybridized carbons (Fsp3) is 0.133. The van der Waals surface area contributed by atoms with Crippen molar-refractivity contribution in [2.24, 2.45) is 0 Å². The molecular weight excluding hydrogens is 380 g/mol. The van der Waals surface area contributed by atoms with Gasteiger partial charge in [0.05, 0.1) is 17.1 Å². The second kappa shape index (κ2) is 7.30. The van der Waals surface area contributed by atoms with E-state index in [-0.39, 0.29) is 17.3 Å². The Morgan fingerprint density at radius 1 is 1.24 bits per heavy atom. The number of benzene rings is 1. The Morgan fingerprint density at radius 2 is 2.00 bits per heavy atom. The Labute approximate surface area is 153 Å². The second-order valence-corrected chi connectivity index (χ2v) is 8.56. The normalized spacial score (nSPS) is 11.2. The molecule has 0 aliphatic rings. The van der Waals surface area contributed by atoms with Crippen LogP contribution in [0.1, 0.15) is 12.6 Å². The molecule has 3 aromatic rings. The molecule has 0 aliphatic heterocycles. The van der Waals surface area contributed by atoms with Gasteiger partial charge in [-0.05, 0) is 12.1 Å². The average molecular weight is 395 g/mol. The first-order chi connectivity index (χ1) is 12.0. The van der Waals surface area contributed by atoms with Gasteiger partial charge in [0.1, 0.15) is 0 Å². The molecular formula is C15H14N4O3S3. The van der Waals surface area contributed by atoms with Crippen molar-refractivity contribution in [2.75, 3.05) is 9.62 Å². The topological polar surface area (TPSA) is 92.3 Å². The van der Waals surface area contributed by atoms with Gasteiger partial charge in [0, 0.05) is 23.9 Å². The van der Waals surface area contributed by atoms with E-state index in [1.165, 1.54) is 33.9 Å². The van der Waals surface area contributed by atoms with Crippen molar-refractivity contribution >= 4 is 48.9 Å². The molecule has 2 heterocycles. The van der Waals surface area contributed by atoms with E-state index in [0.29, 0.717) is 16.0 Å². The van der Waals surface area contributed by atoms with E-state index in [1.54, 1.807) is 47.3 Å². The van der Waals surface area contributed by atoms with Gasteiger partial charge in [0.2, 0.25) is 5.91 Å². The summed E-state index contributed by atoms with van der Waals surface area (Å²) in [5, 5.41) is 6.81. The molecule has 0 radical (unpaired) electrons. The molecule has 1 N–H and O–H groups in total. The predicted octanol–water partition coefficient (Wildman–Crippen LogP) is 2.95. The second-order valence-electron chi connectivity index (χ2n) is 4.96. The summed E-state index contributed by atoms with van der Waals surface area (Å²) >= 11 is 2.47. The number of thiazole rings is 2. The van der Waals surface area contributed by atoms with Crippen LogP contribution in [0.15, 0.2) is 52.2 Å². The smallest absolute Gasteiger partial charge is 0.266 e. The van der Waals surface area contributed by atoms with E-state index < -0.39 is 10.0 Å². The molecule has 0 atom stereocenters. The molecule has 2 aromatic heterocycles. The summed E-state index contributed by atoms with van der Waals surface area (Å²) in [6, 6.07) is 8.18. The Bertz CT molecular complexity index is 953. The number of amides is 1. The summed E-state index contributed by atoms with van der Waals surface area (Å²) in [5.74, 6) is -0.227. The molecule has 0 saturated carbocycles. The molecule has 10 heteroatoms. The van der Waals surface area contributed by atoms with E-state index in [0.717, 1.165) is 0 Å². The van der Waals surface area contributed by atoms with Crippen LogP contribution in [-0.2, 0) is 21.4 Å². The van der Waals surface area contributed by atoms with Gasteiger partial charge in [0.15, 0.2) is 10.3 Å². The summed E-state index contributed by atoms with van der Waals surface area (Å²) in [6.45, 7) is 1.42. The third-order valence-electron chi connectivity index (χ3n) is 3.10. The lowest BCUT2D eigenvalue weighted by Crippen LogP contribution is -2.30. The van der Waals surface area contributed by atoms with Crippen LogP contribution in [0.2, 0.25) is 0 Å². The molecule has 7 nitrogen and oxygen atoms in total. The number of sulfonamides is 1. The van der Waals surface area contributed by atoms with Crippen molar-refractivity contribution in [3.63, 3.8) is 0 Å². The van der Waals surface area contributed by atoms with Crippen LogP contribution in [0.3, 0.4) is 0 Å². The van der Waals surface area contributed by atoms with Gasteiger partial charge < -0.3 is 5.32 Å². The summed E-state index contributed by atoms with van der Waals surface area (Å²) in [4.78, 5) is 19.7. The number of nitrogens with zero attached hydrogens (tertiary/aromatic N) is 3. The average Bonchev–Trinajstić information content (AvgIpc) is 3.24. The zero-order chi connectivity index (χ0) is 17.9. The summed E-state index contributed by atoms with van der Waals surface area (Å²) in [5.41, 5.74) is 0.531. The molecule has 25 heavy (non-hydrogen) atoms. The molecule has 1 amide bonds. The van der Waals surface area contributed by atoms with Gasteiger partial charge in [0.25, 0.3) is 10.0 Å². The molecule has 0 spiro atoms. The van der Waals surface area contributed by atoms with Gasteiger partial charge in [-0.25, -0.2) is 22.7 Å². The Kier molecular flexibility index (Phi) is 5.11. The van der Waals surface area contributed by atoms with Crippen molar-refractivity contribution in [3.8, 4) is 0 Å². The van der Waals surface area contributed by atoms with E-state index in [2.05, 4.69) is 15.3 Å². The van der Waals surface area contributed by atoms with Gasteiger partial charge in [-0.15, -0.1) is 22.7 Å². The monoisotopic (exact) mass is 394 g/mol. The number of rotatable bonds is 6. The first-order valence-corrected chi connectivity index (χ1v) is 10.4. The first kappa shape index (κ1) is 17.5. The SMILES string of the molecule is CC(=O)Nc1nc(CN(c2nccs2)S(=O)(=O)c2ccccc2)cs1. The van der Waals surface area contributed by atoms with E-state index in [4.69, 9.17) is 0 Å². The van der Waals surface area contributed by atoms with Crippen LogP contribution in [0.4, 0.5) is 10.3 Å². The summed E-state index contributed by atoms with van der Waals surface area (Å²) in [6.07, 6.45) is 1.55. The number of carbonyl (C=O) groups excluding carboxylic acids is 1. The van der Waals surface area contributed by atoms with Gasteiger partial charge in [-0.3, -0.25) is 4.79 Å². The maximum Gasteiger partial charge on any atom is 0.266 e. The standard InChI is InChI=1S/C15H14N4O3S3/c1-11(20)17-14-18-12(10-24-14)9-19(15-16-7-8-23-15)25(21,22)13-5-3-2-4-6-13/h2-8,10H,9H2,1H3,(H,17,18,20). The zero-order valence-corrected chi connectivity index (χ0v) is 15.6. The fourth-order valence-electron chi connectivity index (χ4n) is 2.05. The minimum atomic E-state index is -3.78. The highest BCUT2D eigenvalue weighted by Crippen LogP contribution is 2.28. The summed E-state index contributed by atoms with van der Waals surface area (Å²) in [7, 11) is -3.78. The van der Waals surface area contributed by atoms with Crippen LogP contribution in [-0.4, -0.2) is 24.3 Å². The molecule has 3 rings (SSSR count). The van der Waals surface area contributed by atoms with Crippen molar-refractivity contribution in [1.82, 2.24) is 9.97 Å². The van der Waals surface area contributed by atoms with Crippen LogP contribution in [0, 0.1) is 0 Å². The Hall–Kier alpha value is -2.30. The molecule has 0 saturated heterocycles. The van der Waals surface area contributed by atoms with Crippen LogP contribution in [0.5, 0.6) is 0 Å². The van der Waals surface area contributed by atoms with Crippen LogP contribution < -0.4 is 9.62 Å². The minimum absolute atomic E-state index is 0.0286. The van der Waals surface area contributed by atoms with E-state index >= 15 is 0 Å². The number of carbonyl (C=O) groups is 1. The zero-order valence-electron chi connectivity index (χ0n) is 13.1. The Morgan fingerprint density at radius 3 is 2.64 bits per heavy atom. The minimum Gasteiger partial charge on any atom is -0.302 e. The first-order valence-electron chi connectivity index (χ1n) is 7.16. The maximum absolute atomic E-state index is 13.0. The number of nitrogens with one attached hydrogen (secondary N) is 1. The maximum atomic E-state index is 13.0. The van der Waals surface area contributed by atoms with E-state index in [1.807, 2.05) is 0 Å². The number of hydrogen-bond donors (Lipinski definition) is 1. The number of hydrogen-bond acceptors (Lipinski definition) is 7. The highest BCUT2D eigenvalue weighted by Gasteiger charge is 2.27. The number of anilines is 2. The molecule has 0 bridgehead atoms. The van der Waals surface area contributed by atoms with Gasteiger partial charge >= 0.3 is 0 Å². The lowest BCUT2D eigenvalue weighted by molar-refractivity contribution is -0.114. The third-order valence-corrected chi connectivity index (χ3v) is 6.57. The van der Waals surface area contributed by atoms with E-state index in [9.17, 15) is 13.2 Å². The van der Waals surface area contributed by atoms with Crippen molar-refractivity contribution < 1.29 is 13.2 Å². The lowest BCUT2D eigenvalue weighted by Gasteiger charge is -2.20. The molecule has 0 unspecified atom stereocenters. The molecule has 0 fully saturated rings. The quantitative estimate of drug-likeness (QED) is 0.694. The Balaban J connectivity index is 1.94. The largest absolute Gasteiger partial charge is 0.302 e. The lowest BCUT2D eigenvalue weighted by atomic mass is 10.4.